The van der Waals surface area contributed by atoms with Crippen LogP contribution in [0.5, 0.6) is 11.5 Å². The van der Waals surface area contributed by atoms with Gasteiger partial charge in [-0.2, -0.15) is 8.78 Å². The van der Waals surface area contributed by atoms with Crippen molar-refractivity contribution in [1.82, 2.24) is 5.43 Å². The number of primary amides is 1. The lowest BCUT2D eigenvalue weighted by atomic mass is 10.2. The van der Waals surface area contributed by atoms with Crippen LogP contribution in [0.3, 0.4) is 0 Å². The molecular formula is C10H11F2N3O4. The fraction of sp³-hybridized carbons (Fsp3) is 0.200. The van der Waals surface area contributed by atoms with Crippen LogP contribution in [0.15, 0.2) is 18.2 Å². The van der Waals surface area contributed by atoms with E-state index in [0.717, 1.165) is 12.1 Å². The summed E-state index contributed by atoms with van der Waals surface area (Å²) in [6.45, 7) is 0. The number of amides is 2. The molecule has 1 rings (SSSR count). The van der Waals surface area contributed by atoms with Crippen LogP contribution in [-0.4, -0.2) is 25.0 Å². The van der Waals surface area contributed by atoms with Gasteiger partial charge in [0.25, 0.3) is 0 Å². The van der Waals surface area contributed by atoms with Crippen molar-refractivity contribution < 1.29 is 27.8 Å². The maximum absolute atomic E-state index is 13.2. The van der Waals surface area contributed by atoms with Crippen molar-refractivity contribution in [2.45, 2.75) is 6.11 Å². The van der Waals surface area contributed by atoms with Crippen molar-refractivity contribution in [2.24, 2.45) is 11.6 Å². The maximum atomic E-state index is 13.2. The van der Waals surface area contributed by atoms with Crippen LogP contribution in [0, 0.1) is 0 Å². The molecule has 0 saturated carbocycles. The summed E-state index contributed by atoms with van der Waals surface area (Å²) in [5, 5.41) is 0. The number of carbonyl (C=O) groups is 2. The number of rotatable bonds is 5. The fourth-order valence-electron chi connectivity index (χ4n) is 1.17. The molecule has 19 heavy (non-hydrogen) atoms. The number of benzene rings is 1. The van der Waals surface area contributed by atoms with E-state index in [4.69, 9.17) is 10.5 Å². The Morgan fingerprint density at radius 3 is 2.32 bits per heavy atom. The van der Waals surface area contributed by atoms with E-state index in [1.807, 2.05) is 0 Å². The SMILES string of the molecule is COc1cc(OC(F)(F)C(=O)NN)cc(C(N)=O)c1. The van der Waals surface area contributed by atoms with Crippen LogP contribution in [-0.2, 0) is 4.79 Å². The summed E-state index contributed by atoms with van der Waals surface area (Å²) in [5.74, 6) is 1.48. The first-order chi connectivity index (χ1) is 8.80. The highest BCUT2D eigenvalue weighted by atomic mass is 19.3. The van der Waals surface area contributed by atoms with Crippen molar-refractivity contribution in [3.8, 4) is 11.5 Å². The van der Waals surface area contributed by atoms with Gasteiger partial charge in [-0.05, 0) is 12.1 Å². The Balaban J connectivity index is 3.10. The minimum absolute atomic E-state index is 0.0651. The molecule has 0 spiro atoms. The molecule has 5 N–H and O–H groups in total. The summed E-state index contributed by atoms with van der Waals surface area (Å²) in [5.41, 5.74) is 6.16. The van der Waals surface area contributed by atoms with E-state index < -0.39 is 23.7 Å². The Bertz CT molecular complexity index is 508. The van der Waals surface area contributed by atoms with Gasteiger partial charge >= 0.3 is 12.0 Å². The Morgan fingerprint density at radius 1 is 1.26 bits per heavy atom. The first kappa shape index (κ1) is 14.6. The second-order valence-corrected chi connectivity index (χ2v) is 3.35. The van der Waals surface area contributed by atoms with Gasteiger partial charge < -0.3 is 15.2 Å². The normalized spacial score (nSPS) is 10.7. The van der Waals surface area contributed by atoms with Gasteiger partial charge in [0.1, 0.15) is 11.5 Å². The Kier molecular flexibility index (Phi) is 4.22. The van der Waals surface area contributed by atoms with Crippen molar-refractivity contribution in [3.63, 3.8) is 0 Å². The third kappa shape index (κ3) is 3.52. The summed E-state index contributed by atoms with van der Waals surface area (Å²) in [7, 11) is 1.26. The predicted octanol–water partition coefficient (Wildman–Crippen LogP) is -0.244. The molecule has 0 unspecified atom stereocenters. The molecule has 0 aliphatic rings. The summed E-state index contributed by atoms with van der Waals surface area (Å²) in [6, 6.07) is 3.24. The molecule has 0 fully saturated rings. The number of halogens is 2. The molecule has 1 aromatic carbocycles. The second-order valence-electron chi connectivity index (χ2n) is 3.35. The van der Waals surface area contributed by atoms with Gasteiger partial charge in [-0.1, -0.05) is 0 Å². The number of hydrogen-bond donors (Lipinski definition) is 3. The quantitative estimate of drug-likeness (QED) is 0.389. The molecule has 0 atom stereocenters. The lowest BCUT2D eigenvalue weighted by Crippen LogP contribution is -2.47. The highest BCUT2D eigenvalue weighted by molar-refractivity contribution is 5.93. The third-order valence-corrected chi connectivity index (χ3v) is 2.04. The lowest BCUT2D eigenvalue weighted by Gasteiger charge is -2.16. The van der Waals surface area contributed by atoms with Crippen LogP contribution < -0.4 is 26.5 Å². The summed E-state index contributed by atoms with van der Waals surface area (Å²) in [4.78, 5) is 21.8. The molecule has 2 amide bonds. The number of methoxy groups -OCH3 is 1. The van der Waals surface area contributed by atoms with Crippen molar-refractivity contribution >= 4 is 11.8 Å². The minimum atomic E-state index is -4.20. The van der Waals surface area contributed by atoms with E-state index in [1.165, 1.54) is 18.6 Å². The van der Waals surface area contributed by atoms with Gasteiger partial charge in [-0.3, -0.25) is 15.0 Å². The van der Waals surface area contributed by atoms with E-state index in [2.05, 4.69) is 10.6 Å². The van der Waals surface area contributed by atoms with E-state index in [1.54, 1.807) is 0 Å². The molecule has 0 saturated heterocycles. The second kappa shape index (κ2) is 5.48. The third-order valence-electron chi connectivity index (χ3n) is 2.04. The van der Waals surface area contributed by atoms with Crippen LogP contribution in [0.4, 0.5) is 8.78 Å². The number of nitrogens with two attached hydrogens (primary N) is 2. The maximum Gasteiger partial charge on any atom is 0.483 e. The van der Waals surface area contributed by atoms with E-state index in [9.17, 15) is 18.4 Å². The average Bonchev–Trinajstić information content (AvgIpc) is 2.36. The van der Waals surface area contributed by atoms with Crippen molar-refractivity contribution in [2.75, 3.05) is 7.11 Å². The highest BCUT2D eigenvalue weighted by Gasteiger charge is 2.42. The zero-order valence-electron chi connectivity index (χ0n) is 9.78. The molecule has 7 nitrogen and oxygen atoms in total. The highest BCUT2D eigenvalue weighted by Crippen LogP contribution is 2.27. The van der Waals surface area contributed by atoms with Gasteiger partial charge in [0.15, 0.2) is 0 Å². The summed E-state index contributed by atoms with van der Waals surface area (Å²) in [6.07, 6.45) is -4.20. The molecular weight excluding hydrogens is 264 g/mol. The predicted molar refractivity (Wildman–Crippen MR) is 59.4 cm³/mol. The van der Waals surface area contributed by atoms with Crippen LogP contribution in [0.2, 0.25) is 0 Å². The van der Waals surface area contributed by atoms with E-state index in [-0.39, 0.29) is 11.3 Å². The largest absolute Gasteiger partial charge is 0.497 e. The van der Waals surface area contributed by atoms with Crippen LogP contribution in [0.1, 0.15) is 10.4 Å². The molecule has 0 aliphatic carbocycles. The van der Waals surface area contributed by atoms with Crippen molar-refractivity contribution in [1.29, 1.82) is 0 Å². The lowest BCUT2D eigenvalue weighted by molar-refractivity contribution is -0.192. The molecule has 1 aromatic rings. The topological polar surface area (TPSA) is 117 Å². The molecule has 0 heterocycles. The fourth-order valence-corrected chi connectivity index (χ4v) is 1.17. The first-order valence-electron chi connectivity index (χ1n) is 4.87. The Hall–Kier alpha value is -2.42. The van der Waals surface area contributed by atoms with E-state index in [0.29, 0.717) is 0 Å². The number of hydrogen-bond acceptors (Lipinski definition) is 5. The van der Waals surface area contributed by atoms with Crippen LogP contribution >= 0.6 is 0 Å². The Labute approximate surface area is 106 Å². The molecule has 0 aromatic heterocycles. The van der Waals surface area contributed by atoms with Gasteiger partial charge in [0, 0.05) is 11.6 Å². The van der Waals surface area contributed by atoms with Gasteiger partial charge in [-0.25, -0.2) is 5.84 Å². The van der Waals surface area contributed by atoms with Gasteiger partial charge in [0.2, 0.25) is 5.91 Å². The standard InChI is InChI=1S/C10H11F2N3O4/c1-18-6-2-5(8(13)16)3-7(4-6)19-10(11,12)9(17)15-14/h2-4H,14H2,1H3,(H2,13,16)(H,15,17). The monoisotopic (exact) mass is 275 g/mol. The number of alkyl halides is 2. The molecule has 0 radical (unpaired) electrons. The van der Waals surface area contributed by atoms with Crippen LogP contribution in [0.25, 0.3) is 0 Å². The number of hydrazine groups is 1. The zero-order valence-corrected chi connectivity index (χ0v) is 9.78. The first-order valence-corrected chi connectivity index (χ1v) is 4.87. The van der Waals surface area contributed by atoms with Gasteiger partial charge in [0.05, 0.1) is 7.11 Å². The molecule has 9 heteroatoms. The van der Waals surface area contributed by atoms with Crippen molar-refractivity contribution in [3.05, 3.63) is 23.8 Å². The molecule has 0 bridgehead atoms. The van der Waals surface area contributed by atoms with Gasteiger partial charge in [-0.15, -0.1) is 0 Å². The minimum Gasteiger partial charge on any atom is -0.497 e. The summed E-state index contributed by atoms with van der Waals surface area (Å²) < 4.78 is 35.4. The average molecular weight is 275 g/mol. The molecule has 0 aliphatic heterocycles. The number of ether oxygens (including phenoxy) is 2. The van der Waals surface area contributed by atoms with E-state index >= 15 is 0 Å². The Morgan fingerprint density at radius 2 is 1.84 bits per heavy atom. The smallest absolute Gasteiger partial charge is 0.483 e. The molecule has 104 valence electrons. The zero-order chi connectivity index (χ0) is 14.6. The summed E-state index contributed by atoms with van der Waals surface area (Å²) >= 11 is 0. The number of nitrogens with one attached hydrogen (secondary N) is 1. The number of carbonyl (C=O) groups excluding carboxylic acids is 2.